The molecule has 2 nitrogen and oxygen atoms in total. The highest BCUT2D eigenvalue weighted by Gasteiger charge is 2.37. The van der Waals surface area contributed by atoms with Crippen LogP contribution in [0.4, 0.5) is 0 Å². The topological polar surface area (TPSA) is 32.3 Å². The predicted octanol–water partition coefficient (Wildman–Crippen LogP) is 0.541. The molecule has 0 aromatic rings. The molecule has 0 aromatic carbocycles. The lowest BCUT2D eigenvalue weighted by Gasteiger charge is -2.44. The number of rotatable bonds is 1. The lowest BCUT2D eigenvalue weighted by molar-refractivity contribution is 0.00904. The minimum atomic E-state index is -0.0321. The van der Waals surface area contributed by atoms with Crippen molar-refractivity contribution in [3.05, 3.63) is 0 Å². The molecule has 1 saturated heterocycles. The second-order valence-corrected chi connectivity index (χ2v) is 3.19. The predicted molar refractivity (Wildman–Crippen MR) is 42.4 cm³/mol. The average Bonchev–Trinajstić information content (AvgIpc) is 1.74. The molecule has 2 N–H and O–H groups in total. The van der Waals surface area contributed by atoms with Crippen molar-refractivity contribution >= 4 is 12.4 Å². The molecule has 0 radical (unpaired) electrons. The maximum atomic E-state index is 9.18. The first-order valence-electron chi connectivity index (χ1n) is 3.79. The van der Waals surface area contributed by atoms with Gasteiger partial charge in [0.25, 0.3) is 0 Å². The molecular formula is C7H14ClNO. The van der Waals surface area contributed by atoms with Crippen molar-refractivity contribution in [3.8, 4) is 0 Å². The normalized spacial score (nSPS) is 39.3. The molecule has 2 aliphatic rings. The quantitative estimate of drug-likeness (QED) is 0.592. The molecule has 1 saturated carbocycles. The summed E-state index contributed by atoms with van der Waals surface area (Å²) < 4.78 is 0. The molecule has 3 heteroatoms. The van der Waals surface area contributed by atoms with Gasteiger partial charge in [-0.25, -0.2) is 0 Å². The Labute approximate surface area is 67.4 Å². The largest absolute Gasteiger partial charge is 0.390 e. The first-order chi connectivity index (χ1) is 4.38. The van der Waals surface area contributed by atoms with E-state index in [2.05, 4.69) is 5.32 Å². The fourth-order valence-electron chi connectivity index (χ4n) is 1.64. The molecule has 2 atom stereocenters. The number of aliphatic hydroxyl groups is 1. The lowest BCUT2D eigenvalue weighted by Crippen LogP contribution is -2.61. The summed E-state index contributed by atoms with van der Waals surface area (Å²) in [5, 5.41) is 12.4. The van der Waals surface area contributed by atoms with E-state index < -0.39 is 0 Å². The van der Waals surface area contributed by atoms with Crippen LogP contribution < -0.4 is 5.32 Å². The molecule has 0 bridgehead atoms. The monoisotopic (exact) mass is 163 g/mol. The van der Waals surface area contributed by atoms with Gasteiger partial charge in [0.05, 0.1) is 6.10 Å². The van der Waals surface area contributed by atoms with Crippen LogP contribution in [-0.2, 0) is 0 Å². The van der Waals surface area contributed by atoms with Crippen molar-refractivity contribution < 1.29 is 5.11 Å². The molecule has 1 aliphatic heterocycles. The summed E-state index contributed by atoms with van der Waals surface area (Å²) in [6.07, 6.45) is 3.99. The highest BCUT2D eigenvalue weighted by atomic mass is 35.5. The summed E-state index contributed by atoms with van der Waals surface area (Å²) in [6, 6.07) is 0.457. The Balaban J connectivity index is 0.000000500. The van der Waals surface area contributed by atoms with E-state index in [0.717, 1.165) is 12.5 Å². The van der Waals surface area contributed by atoms with Crippen molar-refractivity contribution in [3.63, 3.8) is 0 Å². The molecule has 0 aromatic heterocycles. The fourth-order valence-corrected chi connectivity index (χ4v) is 1.64. The van der Waals surface area contributed by atoms with E-state index in [1.807, 2.05) is 0 Å². The van der Waals surface area contributed by atoms with E-state index in [1.54, 1.807) is 0 Å². The number of halogens is 1. The summed E-state index contributed by atoms with van der Waals surface area (Å²) in [5.74, 6) is 0.800. The maximum absolute atomic E-state index is 9.18. The number of aliphatic hydroxyl groups excluding tert-OH is 1. The highest BCUT2D eigenvalue weighted by molar-refractivity contribution is 5.85. The van der Waals surface area contributed by atoms with Gasteiger partial charge in [-0.15, -0.1) is 12.4 Å². The van der Waals surface area contributed by atoms with E-state index in [9.17, 15) is 5.11 Å². The Morgan fingerprint density at radius 3 is 2.10 bits per heavy atom. The van der Waals surface area contributed by atoms with Crippen molar-refractivity contribution in [1.29, 1.82) is 0 Å². The van der Waals surface area contributed by atoms with E-state index in [4.69, 9.17) is 0 Å². The number of hydrogen-bond donors (Lipinski definition) is 2. The van der Waals surface area contributed by atoms with Crippen LogP contribution in [0.2, 0.25) is 0 Å². The summed E-state index contributed by atoms with van der Waals surface area (Å²) in [6.45, 7) is 0.821. The Morgan fingerprint density at radius 2 is 2.00 bits per heavy atom. The van der Waals surface area contributed by atoms with Crippen LogP contribution in [0.25, 0.3) is 0 Å². The molecule has 0 amide bonds. The second kappa shape index (κ2) is 3.07. The van der Waals surface area contributed by atoms with Crippen molar-refractivity contribution in [2.24, 2.45) is 5.92 Å². The lowest BCUT2D eigenvalue weighted by atomic mass is 9.75. The van der Waals surface area contributed by atoms with Crippen LogP contribution in [0.3, 0.4) is 0 Å². The minimum absolute atomic E-state index is 0. The fraction of sp³-hybridized carbons (Fsp3) is 1.00. The van der Waals surface area contributed by atoms with Gasteiger partial charge in [0, 0.05) is 12.6 Å². The van der Waals surface area contributed by atoms with Crippen LogP contribution >= 0.6 is 12.4 Å². The number of hydrogen-bond acceptors (Lipinski definition) is 2. The van der Waals surface area contributed by atoms with Crippen molar-refractivity contribution in [1.82, 2.24) is 5.32 Å². The Hall–Kier alpha value is 0.210. The minimum Gasteiger partial charge on any atom is -0.390 e. The van der Waals surface area contributed by atoms with Crippen molar-refractivity contribution in [2.75, 3.05) is 6.54 Å². The molecule has 1 heterocycles. The summed E-state index contributed by atoms with van der Waals surface area (Å²) in [5.41, 5.74) is 0. The van der Waals surface area contributed by atoms with Gasteiger partial charge < -0.3 is 10.4 Å². The third-order valence-electron chi connectivity index (χ3n) is 2.63. The molecule has 2 fully saturated rings. The van der Waals surface area contributed by atoms with Crippen LogP contribution in [0.15, 0.2) is 0 Å². The summed E-state index contributed by atoms with van der Waals surface area (Å²) in [7, 11) is 0. The van der Waals surface area contributed by atoms with E-state index in [1.165, 1.54) is 19.3 Å². The Kier molecular flexibility index (Phi) is 2.55. The van der Waals surface area contributed by atoms with Gasteiger partial charge in [-0.2, -0.15) is 0 Å². The second-order valence-electron chi connectivity index (χ2n) is 3.19. The zero-order valence-corrected chi connectivity index (χ0v) is 6.73. The molecule has 0 spiro atoms. The Morgan fingerprint density at radius 1 is 1.30 bits per heavy atom. The number of β-amino-alcohol motifs (C(OH)–C–C–N with tert-alkyl or cyclic N) is 1. The van der Waals surface area contributed by atoms with Crippen LogP contribution in [0.1, 0.15) is 19.3 Å². The van der Waals surface area contributed by atoms with Crippen LogP contribution in [0, 0.1) is 5.92 Å². The van der Waals surface area contributed by atoms with E-state index in [0.29, 0.717) is 6.04 Å². The van der Waals surface area contributed by atoms with Gasteiger partial charge in [-0.1, -0.05) is 6.42 Å². The van der Waals surface area contributed by atoms with Gasteiger partial charge in [0.15, 0.2) is 0 Å². The van der Waals surface area contributed by atoms with Crippen molar-refractivity contribution in [2.45, 2.75) is 31.4 Å². The van der Waals surface area contributed by atoms with Gasteiger partial charge in [-0.05, 0) is 18.8 Å². The standard InChI is InChI=1S/C7H13NO.ClH/c9-6-4-8-7(6)5-2-1-3-5;/h5-9H,1-4H2;1H/t6-,7+;/m1./s1. The van der Waals surface area contributed by atoms with Crippen LogP contribution in [0.5, 0.6) is 0 Å². The Bertz CT molecular complexity index is 116. The molecule has 2 rings (SSSR count). The molecule has 60 valence electrons. The molecule has 1 aliphatic carbocycles. The van der Waals surface area contributed by atoms with Gasteiger partial charge in [0.1, 0.15) is 0 Å². The summed E-state index contributed by atoms with van der Waals surface area (Å²) >= 11 is 0. The van der Waals surface area contributed by atoms with E-state index in [-0.39, 0.29) is 18.5 Å². The maximum Gasteiger partial charge on any atom is 0.0820 e. The SMILES string of the molecule is Cl.O[C@@H]1CN[C@H]1C1CCC1. The van der Waals surface area contributed by atoms with Gasteiger partial charge in [0.2, 0.25) is 0 Å². The third kappa shape index (κ3) is 1.16. The van der Waals surface area contributed by atoms with E-state index >= 15 is 0 Å². The van der Waals surface area contributed by atoms with Crippen LogP contribution in [-0.4, -0.2) is 23.8 Å². The first kappa shape index (κ1) is 8.31. The smallest absolute Gasteiger partial charge is 0.0820 e. The highest BCUT2D eigenvalue weighted by Crippen LogP contribution is 2.33. The zero-order valence-electron chi connectivity index (χ0n) is 5.92. The molecule has 10 heavy (non-hydrogen) atoms. The summed E-state index contributed by atoms with van der Waals surface area (Å²) in [4.78, 5) is 0. The van der Waals surface area contributed by atoms with Gasteiger partial charge >= 0.3 is 0 Å². The third-order valence-corrected chi connectivity index (χ3v) is 2.63. The average molecular weight is 164 g/mol. The number of nitrogens with one attached hydrogen (secondary N) is 1. The molecule has 0 unspecified atom stereocenters. The zero-order chi connectivity index (χ0) is 6.27. The van der Waals surface area contributed by atoms with Gasteiger partial charge in [-0.3, -0.25) is 0 Å². The molecular weight excluding hydrogens is 150 g/mol. The first-order valence-corrected chi connectivity index (χ1v) is 3.79.